The quantitative estimate of drug-likeness (QED) is 0.616. The summed E-state index contributed by atoms with van der Waals surface area (Å²) in [5.74, 6) is 0.124. The van der Waals surface area contributed by atoms with Crippen molar-refractivity contribution in [1.82, 2.24) is 9.80 Å². The molecule has 3 nitrogen and oxygen atoms in total. The molecule has 1 aliphatic heterocycles. The summed E-state index contributed by atoms with van der Waals surface area (Å²) in [6, 6.07) is 7.04. The molecular formula is C16H22ClFN2O. The third-order valence-corrected chi connectivity index (χ3v) is 4.52. The maximum atomic E-state index is 13.0. The number of carbonyl (C=O) groups excluding carboxylic acids is 1. The predicted molar refractivity (Wildman–Crippen MR) is 83.0 cm³/mol. The van der Waals surface area contributed by atoms with Gasteiger partial charge in [0.15, 0.2) is 0 Å². The second-order valence-corrected chi connectivity index (χ2v) is 6.12. The van der Waals surface area contributed by atoms with Gasteiger partial charge in [-0.15, -0.1) is 11.6 Å². The zero-order chi connectivity index (χ0) is 15.4. The van der Waals surface area contributed by atoms with Crippen molar-refractivity contribution >= 4 is 17.9 Å². The summed E-state index contributed by atoms with van der Waals surface area (Å²) in [6.07, 6.45) is 0.936. The van der Waals surface area contributed by atoms with Gasteiger partial charge in [0.05, 0.1) is 6.04 Å². The average molecular weight is 313 g/mol. The van der Waals surface area contributed by atoms with Crippen LogP contribution < -0.4 is 0 Å². The van der Waals surface area contributed by atoms with Gasteiger partial charge in [-0.3, -0.25) is 9.80 Å². The Morgan fingerprint density at radius 3 is 2.52 bits per heavy atom. The van der Waals surface area contributed by atoms with Crippen LogP contribution in [-0.4, -0.2) is 53.2 Å². The molecule has 1 aromatic rings. The van der Waals surface area contributed by atoms with Gasteiger partial charge in [0.2, 0.25) is 0 Å². The smallest absolute Gasteiger partial charge is 0.138 e. The summed E-state index contributed by atoms with van der Waals surface area (Å²) in [6.45, 7) is 6.76. The molecule has 0 saturated carbocycles. The van der Waals surface area contributed by atoms with Gasteiger partial charge in [0.1, 0.15) is 12.1 Å². The Balaban J connectivity index is 2.01. The van der Waals surface area contributed by atoms with E-state index in [-0.39, 0.29) is 17.9 Å². The molecule has 21 heavy (non-hydrogen) atoms. The Kier molecular flexibility index (Phi) is 5.73. The van der Waals surface area contributed by atoms with E-state index in [1.54, 1.807) is 0 Å². The van der Waals surface area contributed by atoms with Crippen LogP contribution in [0.2, 0.25) is 0 Å². The number of aldehydes is 1. The average Bonchev–Trinajstić information content (AvgIpc) is 2.47. The summed E-state index contributed by atoms with van der Waals surface area (Å²) in [5.41, 5.74) is 1.10. The molecule has 0 amide bonds. The zero-order valence-electron chi connectivity index (χ0n) is 12.5. The Morgan fingerprint density at radius 1 is 1.29 bits per heavy atom. The van der Waals surface area contributed by atoms with Crippen molar-refractivity contribution in [3.8, 4) is 0 Å². The van der Waals surface area contributed by atoms with E-state index in [0.717, 1.165) is 31.5 Å². The Hall–Kier alpha value is -0.970. The number of halogens is 2. The van der Waals surface area contributed by atoms with Crippen LogP contribution in [0.5, 0.6) is 0 Å². The lowest BCUT2D eigenvalue weighted by Gasteiger charge is -2.45. The van der Waals surface area contributed by atoms with Crippen molar-refractivity contribution in [1.29, 1.82) is 0 Å². The number of alkyl halides is 1. The van der Waals surface area contributed by atoms with Crippen LogP contribution in [0.4, 0.5) is 4.39 Å². The molecule has 0 bridgehead atoms. The van der Waals surface area contributed by atoms with Crippen LogP contribution in [0.15, 0.2) is 24.3 Å². The second-order valence-electron chi connectivity index (χ2n) is 5.81. The maximum Gasteiger partial charge on any atom is 0.138 e. The van der Waals surface area contributed by atoms with Crippen LogP contribution in [-0.2, 0) is 11.3 Å². The van der Waals surface area contributed by atoms with Crippen molar-refractivity contribution in [2.75, 3.05) is 19.0 Å². The molecule has 1 aromatic carbocycles. The SMILES string of the molecule is CC1CN(C(C=O)CCl)C(C)CN1Cc1ccc(F)cc1. The van der Waals surface area contributed by atoms with E-state index in [9.17, 15) is 9.18 Å². The number of benzene rings is 1. The highest BCUT2D eigenvalue weighted by molar-refractivity contribution is 6.19. The Morgan fingerprint density at radius 2 is 1.95 bits per heavy atom. The van der Waals surface area contributed by atoms with E-state index >= 15 is 0 Å². The van der Waals surface area contributed by atoms with Gasteiger partial charge in [-0.2, -0.15) is 0 Å². The minimum atomic E-state index is -0.211. The van der Waals surface area contributed by atoms with Gasteiger partial charge in [-0.05, 0) is 31.5 Å². The molecule has 3 atom stereocenters. The van der Waals surface area contributed by atoms with Crippen LogP contribution in [0.3, 0.4) is 0 Å². The minimum absolute atomic E-state index is 0.207. The molecule has 3 unspecified atom stereocenters. The van der Waals surface area contributed by atoms with Crippen LogP contribution in [0.1, 0.15) is 19.4 Å². The molecule has 0 radical (unpaired) electrons. The fourth-order valence-corrected chi connectivity index (χ4v) is 3.18. The van der Waals surface area contributed by atoms with Gasteiger partial charge in [-0.25, -0.2) is 4.39 Å². The lowest BCUT2D eigenvalue weighted by atomic mass is 10.0. The minimum Gasteiger partial charge on any atom is -0.302 e. The van der Waals surface area contributed by atoms with Crippen LogP contribution in [0.25, 0.3) is 0 Å². The lowest BCUT2D eigenvalue weighted by molar-refractivity contribution is -0.114. The number of hydrogen-bond acceptors (Lipinski definition) is 3. The maximum absolute atomic E-state index is 13.0. The molecule has 0 N–H and O–H groups in total. The van der Waals surface area contributed by atoms with Gasteiger partial charge >= 0.3 is 0 Å². The summed E-state index contributed by atoms with van der Waals surface area (Å²) in [7, 11) is 0. The molecule has 5 heteroatoms. The number of hydrogen-bond donors (Lipinski definition) is 0. The number of nitrogens with zero attached hydrogens (tertiary/aromatic N) is 2. The zero-order valence-corrected chi connectivity index (χ0v) is 13.3. The van der Waals surface area contributed by atoms with Crippen molar-refractivity contribution in [2.45, 2.75) is 38.5 Å². The monoisotopic (exact) mass is 312 g/mol. The normalized spacial score (nSPS) is 25.7. The molecule has 0 aliphatic carbocycles. The fourth-order valence-electron chi connectivity index (χ4n) is 2.93. The first kappa shape index (κ1) is 16.4. The van der Waals surface area contributed by atoms with Crippen LogP contribution >= 0.6 is 11.6 Å². The Bertz CT molecular complexity index is 468. The van der Waals surface area contributed by atoms with E-state index in [1.165, 1.54) is 12.1 Å². The van der Waals surface area contributed by atoms with Gasteiger partial charge in [0.25, 0.3) is 0 Å². The van der Waals surface area contributed by atoms with Gasteiger partial charge < -0.3 is 4.79 Å². The lowest BCUT2D eigenvalue weighted by Crippen LogP contribution is -2.59. The van der Waals surface area contributed by atoms with Crippen LogP contribution in [0, 0.1) is 5.82 Å². The Labute approximate surface area is 130 Å². The highest BCUT2D eigenvalue weighted by atomic mass is 35.5. The summed E-state index contributed by atoms with van der Waals surface area (Å²) in [5, 5.41) is 0. The highest BCUT2D eigenvalue weighted by Gasteiger charge is 2.32. The third-order valence-electron chi connectivity index (χ3n) is 4.20. The standard InChI is InChI=1S/C16H22ClFN2O/c1-12-9-20(16(7-17)11-21)13(2)8-19(12)10-14-3-5-15(18)6-4-14/h3-6,11-13,16H,7-10H2,1-2H3. The van der Waals surface area contributed by atoms with Crippen molar-refractivity contribution < 1.29 is 9.18 Å². The first-order valence-electron chi connectivity index (χ1n) is 7.30. The third kappa shape index (κ3) is 4.02. The summed E-state index contributed by atoms with van der Waals surface area (Å²) in [4.78, 5) is 15.7. The first-order valence-corrected chi connectivity index (χ1v) is 7.84. The number of piperazine rings is 1. The molecule has 1 fully saturated rings. The van der Waals surface area contributed by atoms with E-state index in [4.69, 9.17) is 11.6 Å². The fraction of sp³-hybridized carbons (Fsp3) is 0.562. The highest BCUT2D eigenvalue weighted by Crippen LogP contribution is 2.20. The van der Waals surface area contributed by atoms with Crippen molar-refractivity contribution in [3.05, 3.63) is 35.6 Å². The predicted octanol–water partition coefficient (Wildman–Crippen LogP) is 2.53. The molecule has 2 rings (SSSR count). The molecule has 1 saturated heterocycles. The second kappa shape index (κ2) is 7.34. The molecule has 1 aliphatic rings. The van der Waals surface area contributed by atoms with Crippen molar-refractivity contribution in [2.24, 2.45) is 0 Å². The number of rotatable bonds is 5. The van der Waals surface area contributed by atoms with E-state index in [2.05, 4.69) is 23.6 Å². The number of carbonyl (C=O) groups is 1. The first-order chi connectivity index (χ1) is 10.0. The van der Waals surface area contributed by atoms with E-state index in [0.29, 0.717) is 11.9 Å². The molecule has 0 spiro atoms. The molecule has 116 valence electrons. The summed E-state index contributed by atoms with van der Waals surface area (Å²) < 4.78 is 13.0. The molecular weight excluding hydrogens is 291 g/mol. The van der Waals surface area contributed by atoms with Gasteiger partial charge in [-0.1, -0.05) is 12.1 Å². The molecule has 0 aromatic heterocycles. The molecule has 1 heterocycles. The topological polar surface area (TPSA) is 23.6 Å². The van der Waals surface area contributed by atoms with Gasteiger partial charge in [0, 0.05) is 37.6 Å². The van der Waals surface area contributed by atoms with E-state index in [1.807, 2.05) is 12.1 Å². The van der Waals surface area contributed by atoms with E-state index < -0.39 is 0 Å². The summed E-state index contributed by atoms with van der Waals surface area (Å²) >= 11 is 5.87. The largest absolute Gasteiger partial charge is 0.302 e. The van der Waals surface area contributed by atoms with Crippen molar-refractivity contribution in [3.63, 3.8) is 0 Å².